The summed E-state index contributed by atoms with van der Waals surface area (Å²) in [6, 6.07) is 4.48. The highest BCUT2D eigenvalue weighted by atomic mass is 35.5. The van der Waals surface area contributed by atoms with E-state index in [1.165, 1.54) is 4.90 Å². The van der Waals surface area contributed by atoms with Crippen molar-refractivity contribution < 1.29 is 19.4 Å². The van der Waals surface area contributed by atoms with Crippen LogP contribution in [0.4, 0.5) is 5.95 Å². The molecule has 0 bridgehead atoms. The molecule has 4 heterocycles. The zero-order valence-electron chi connectivity index (χ0n) is 23.1. The maximum absolute atomic E-state index is 13.5. The van der Waals surface area contributed by atoms with Crippen LogP contribution in [0, 0.1) is 5.92 Å². The van der Waals surface area contributed by atoms with Gasteiger partial charge in [0.15, 0.2) is 0 Å². The van der Waals surface area contributed by atoms with Gasteiger partial charge in [0.1, 0.15) is 11.9 Å². The summed E-state index contributed by atoms with van der Waals surface area (Å²) in [6.45, 7) is 3.15. The first-order valence-corrected chi connectivity index (χ1v) is 14.6. The van der Waals surface area contributed by atoms with Gasteiger partial charge in [-0.25, -0.2) is 9.97 Å². The number of ether oxygens (including phenoxy) is 1. The Labute approximate surface area is 246 Å². The topological polar surface area (TPSA) is 141 Å². The molecule has 218 valence electrons. The second kappa shape index (κ2) is 12.8. The molecule has 5 rings (SSSR count). The minimum atomic E-state index is -0.747. The monoisotopic (exact) mass is 599 g/mol. The number of halogens is 1. The second-order valence-corrected chi connectivity index (χ2v) is 11.5. The Kier molecular flexibility index (Phi) is 9.19. The number of nitrogens with zero attached hydrogens (tertiary/aromatic N) is 4. The van der Waals surface area contributed by atoms with E-state index in [0.29, 0.717) is 54.0 Å². The summed E-state index contributed by atoms with van der Waals surface area (Å²) < 4.78 is 5.42. The average Bonchev–Trinajstić information content (AvgIpc) is 3.32. The molecule has 1 fully saturated rings. The van der Waals surface area contributed by atoms with Crippen LogP contribution < -0.4 is 16.0 Å². The van der Waals surface area contributed by atoms with E-state index >= 15 is 0 Å². The number of aliphatic imine (C=N–C) groups is 1. The van der Waals surface area contributed by atoms with Gasteiger partial charge in [0.25, 0.3) is 5.91 Å². The smallest absolute Gasteiger partial charge is 0.255 e. The molecule has 4 atom stereocenters. The first kappa shape index (κ1) is 29.4. The van der Waals surface area contributed by atoms with Crippen LogP contribution >= 0.6 is 20.8 Å². The van der Waals surface area contributed by atoms with Gasteiger partial charge in [-0.3, -0.25) is 14.6 Å². The third kappa shape index (κ3) is 6.38. The van der Waals surface area contributed by atoms with Crippen LogP contribution in [0.5, 0.6) is 0 Å². The predicted octanol–water partition coefficient (Wildman–Crippen LogP) is 2.56. The van der Waals surface area contributed by atoms with Crippen LogP contribution in [-0.4, -0.2) is 82.6 Å². The van der Waals surface area contributed by atoms with Gasteiger partial charge in [0, 0.05) is 62.5 Å². The number of carbonyl (C=O) groups excluding carboxylic acids is 2. The van der Waals surface area contributed by atoms with Crippen LogP contribution in [0.3, 0.4) is 0 Å². The lowest BCUT2D eigenvalue weighted by atomic mass is 9.93. The fraction of sp³-hybridized carbons (Fsp3) is 0.464. The standard InChI is InChI=1S/C28H35ClN7O4P/c1-15(26(38)34-22(14-37)20-10-24(30-2)31-12-23(20)41)36-13-17-4-3-16(9-19(17)27(36)39)25-21(29)11-32-28(35-25)33-18-5-7-40-8-6-18/h3-4,9,11-12,15,18,20,22,37H,5-8,10,13-14,41H2,1-2H3,(H,30,31)(H,34,38)(H,32,33,35). The number of aliphatic hydroxyl groups excluding tert-OH is 1. The van der Waals surface area contributed by atoms with Crippen LogP contribution in [-0.2, 0) is 16.1 Å². The van der Waals surface area contributed by atoms with E-state index in [0.717, 1.165) is 29.6 Å². The van der Waals surface area contributed by atoms with Gasteiger partial charge < -0.3 is 30.7 Å². The first-order chi connectivity index (χ1) is 19.8. The lowest BCUT2D eigenvalue weighted by Gasteiger charge is -2.32. The van der Waals surface area contributed by atoms with Crippen molar-refractivity contribution in [1.82, 2.24) is 25.5 Å². The molecule has 0 spiro atoms. The van der Waals surface area contributed by atoms with E-state index in [1.54, 1.807) is 26.2 Å². The maximum atomic E-state index is 13.5. The van der Waals surface area contributed by atoms with Crippen molar-refractivity contribution in [2.75, 3.05) is 32.2 Å². The van der Waals surface area contributed by atoms with E-state index in [1.807, 2.05) is 18.3 Å². The molecule has 0 aliphatic carbocycles. The van der Waals surface area contributed by atoms with Crippen molar-refractivity contribution in [2.45, 2.75) is 50.9 Å². The summed E-state index contributed by atoms with van der Waals surface area (Å²) in [6.07, 6.45) is 5.67. The van der Waals surface area contributed by atoms with Crippen molar-refractivity contribution in [2.24, 2.45) is 10.9 Å². The molecule has 41 heavy (non-hydrogen) atoms. The van der Waals surface area contributed by atoms with E-state index in [9.17, 15) is 14.7 Å². The quantitative estimate of drug-likeness (QED) is 0.339. The van der Waals surface area contributed by atoms with E-state index in [4.69, 9.17) is 16.3 Å². The number of benzene rings is 1. The fourth-order valence-electron chi connectivity index (χ4n) is 5.35. The zero-order chi connectivity index (χ0) is 29.1. The molecule has 4 unspecified atom stereocenters. The molecule has 2 aromatic rings. The number of hydrogen-bond acceptors (Lipinski definition) is 8. The molecule has 0 saturated carbocycles. The minimum Gasteiger partial charge on any atom is -0.394 e. The molecule has 3 aliphatic rings. The van der Waals surface area contributed by atoms with Crippen molar-refractivity contribution in [3.63, 3.8) is 0 Å². The largest absolute Gasteiger partial charge is 0.394 e. The molecule has 1 aromatic heterocycles. The lowest BCUT2D eigenvalue weighted by Crippen LogP contribution is -2.52. The summed E-state index contributed by atoms with van der Waals surface area (Å²) >= 11 is 6.48. The molecule has 1 aromatic carbocycles. The van der Waals surface area contributed by atoms with Gasteiger partial charge in [-0.15, -0.1) is 9.24 Å². The molecule has 1 saturated heterocycles. The molecule has 13 heteroatoms. The number of anilines is 1. The van der Waals surface area contributed by atoms with Crippen LogP contribution in [0.25, 0.3) is 11.3 Å². The number of amidine groups is 1. The molecule has 0 radical (unpaired) electrons. The van der Waals surface area contributed by atoms with Crippen molar-refractivity contribution in [3.8, 4) is 11.3 Å². The third-order valence-corrected chi connectivity index (χ3v) is 8.76. The number of amides is 2. The number of aromatic nitrogens is 2. The molecule has 3 aliphatic heterocycles. The van der Waals surface area contributed by atoms with Gasteiger partial charge in [-0.2, -0.15) is 0 Å². The van der Waals surface area contributed by atoms with E-state index in [-0.39, 0.29) is 30.4 Å². The SMILES string of the molecule is CN=C1CC(C(CO)NC(=O)C(C)N2Cc3ccc(-c4nc(NC5CCOCC5)ncc4Cl)cc3C2=O)C(P)=CN1. The van der Waals surface area contributed by atoms with Crippen molar-refractivity contribution >= 4 is 44.4 Å². The predicted molar refractivity (Wildman–Crippen MR) is 161 cm³/mol. The summed E-state index contributed by atoms with van der Waals surface area (Å²) in [5, 5.41) is 20.8. The summed E-state index contributed by atoms with van der Waals surface area (Å²) in [7, 11) is 4.35. The lowest BCUT2D eigenvalue weighted by molar-refractivity contribution is -0.126. The van der Waals surface area contributed by atoms with Gasteiger partial charge in [0.05, 0.1) is 29.6 Å². The average molecular weight is 600 g/mol. The van der Waals surface area contributed by atoms with Crippen molar-refractivity contribution in [1.29, 1.82) is 0 Å². The first-order valence-electron chi connectivity index (χ1n) is 13.7. The number of aliphatic hydroxyl groups is 1. The Balaban J connectivity index is 1.29. The van der Waals surface area contributed by atoms with Crippen molar-refractivity contribution in [3.05, 3.63) is 52.1 Å². The molecular weight excluding hydrogens is 565 g/mol. The summed E-state index contributed by atoms with van der Waals surface area (Å²) in [5.41, 5.74) is 2.55. The zero-order valence-corrected chi connectivity index (χ0v) is 25.0. The Bertz CT molecular complexity index is 1380. The van der Waals surface area contributed by atoms with Crippen LogP contribution in [0.1, 0.15) is 42.1 Å². The van der Waals surface area contributed by atoms with Gasteiger partial charge in [-0.1, -0.05) is 23.7 Å². The number of nitrogens with one attached hydrogen (secondary N) is 3. The number of carbonyl (C=O) groups is 2. The molecule has 11 nitrogen and oxygen atoms in total. The Morgan fingerprint density at radius 1 is 1.37 bits per heavy atom. The van der Waals surface area contributed by atoms with Gasteiger partial charge in [0.2, 0.25) is 11.9 Å². The second-order valence-electron chi connectivity index (χ2n) is 10.5. The summed E-state index contributed by atoms with van der Waals surface area (Å²) in [5.74, 6) is 0.531. The maximum Gasteiger partial charge on any atom is 0.255 e. The Morgan fingerprint density at radius 2 is 2.15 bits per heavy atom. The third-order valence-electron chi connectivity index (χ3n) is 7.89. The number of rotatable bonds is 8. The van der Waals surface area contributed by atoms with E-state index in [2.05, 4.69) is 40.2 Å². The Morgan fingerprint density at radius 3 is 2.88 bits per heavy atom. The van der Waals surface area contributed by atoms with E-state index < -0.39 is 12.1 Å². The normalized spacial score (nSPS) is 21.6. The highest BCUT2D eigenvalue weighted by Crippen LogP contribution is 2.33. The van der Waals surface area contributed by atoms with Crippen LogP contribution in [0.2, 0.25) is 5.02 Å². The number of hydrogen-bond donors (Lipinski definition) is 4. The fourth-order valence-corrected chi connectivity index (χ4v) is 5.99. The van der Waals surface area contributed by atoms with Crippen LogP contribution in [0.15, 0.2) is 40.9 Å². The Hall–Kier alpha value is -3.11. The molecule has 2 amide bonds. The van der Waals surface area contributed by atoms with Gasteiger partial charge >= 0.3 is 0 Å². The minimum absolute atomic E-state index is 0.140. The highest BCUT2D eigenvalue weighted by Gasteiger charge is 2.36. The molecule has 4 N–H and O–H groups in total. The number of fused-ring (bicyclic) bond motifs is 1. The molecular formula is C28H35ClN7O4P. The summed E-state index contributed by atoms with van der Waals surface area (Å²) in [4.78, 5) is 41.5. The highest BCUT2D eigenvalue weighted by molar-refractivity contribution is 7.22. The van der Waals surface area contributed by atoms with Gasteiger partial charge in [-0.05, 0) is 36.7 Å².